The molecule has 0 radical (unpaired) electrons. The normalized spacial score (nSPS) is 10.4. The van der Waals surface area contributed by atoms with Gasteiger partial charge in [-0.15, -0.1) is 0 Å². The largest absolute Gasteiger partial charge is 0.490 e. The third-order valence-electron chi connectivity index (χ3n) is 4.43. The number of hydrogen-bond donors (Lipinski definition) is 0. The van der Waals surface area contributed by atoms with Crippen LogP contribution in [0.15, 0.2) is 54.6 Å². The Balaban J connectivity index is 1.76. The van der Waals surface area contributed by atoms with E-state index in [0.29, 0.717) is 12.4 Å². The molecule has 29 heavy (non-hydrogen) atoms. The third-order valence-corrected chi connectivity index (χ3v) is 4.43. The van der Waals surface area contributed by atoms with E-state index in [-0.39, 0.29) is 24.3 Å². The molecular weight excluding hydrogens is 368 g/mol. The van der Waals surface area contributed by atoms with E-state index < -0.39 is 11.9 Å². The second kappa shape index (κ2) is 13.4. The van der Waals surface area contributed by atoms with Crippen LogP contribution in [0.1, 0.15) is 66.2 Å². The monoisotopic (exact) mass is 398 g/mol. The highest BCUT2D eigenvalue weighted by atomic mass is 16.6. The second-order valence-corrected chi connectivity index (χ2v) is 6.75. The van der Waals surface area contributed by atoms with E-state index in [9.17, 15) is 9.59 Å². The van der Waals surface area contributed by atoms with Crippen LogP contribution in [0.25, 0.3) is 0 Å². The lowest BCUT2D eigenvalue weighted by Crippen LogP contribution is -2.17. The van der Waals surface area contributed by atoms with Crippen LogP contribution in [0, 0.1) is 0 Å². The summed E-state index contributed by atoms with van der Waals surface area (Å²) in [6.45, 7) is 2.87. The summed E-state index contributed by atoms with van der Waals surface area (Å²) in [4.78, 5) is 24.7. The maximum atomic E-state index is 12.4. The predicted molar refractivity (Wildman–Crippen MR) is 112 cm³/mol. The van der Waals surface area contributed by atoms with Gasteiger partial charge in [0.15, 0.2) is 0 Å². The summed E-state index contributed by atoms with van der Waals surface area (Å²) in [7, 11) is 0. The van der Waals surface area contributed by atoms with E-state index in [1.165, 1.54) is 19.3 Å². The number of para-hydroxylation sites is 1. The molecule has 156 valence electrons. The molecule has 0 unspecified atom stereocenters. The lowest BCUT2D eigenvalue weighted by Gasteiger charge is -2.10. The van der Waals surface area contributed by atoms with Crippen LogP contribution in [-0.2, 0) is 9.47 Å². The number of unbranched alkanes of at least 4 members (excludes halogenated alkanes) is 5. The van der Waals surface area contributed by atoms with Gasteiger partial charge in [-0.1, -0.05) is 69.4 Å². The van der Waals surface area contributed by atoms with Crippen molar-refractivity contribution < 1.29 is 23.8 Å². The molecule has 2 aromatic carbocycles. The van der Waals surface area contributed by atoms with Gasteiger partial charge in [-0.25, -0.2) is 9.59 Å². The van der Waals surface area contributed by atoms with E-state index in [2.05, 4.69) is 6.92 Å². The summed E-state index contributed by atoms with van der Waals surface area (Å²) in [6.07, 6.45) is 6.69. The molecule has 0 saturated heterocycles. The van der Waals surface area contributed by atoms with Gasteiger partial charge in [-0.05, 0) is 30.7 Å². The molecule has 0 saturated carbocycles. The molecule has 0 bridgehead atoms. The van der Waals surface area contributed by atoms with Gasteiger partial charge in [-0.3, -0.25) is 0 Å². The number of ether oxygens (including phenoxy) is 3. The van der Waals surface area contributed by atoms with Crippen LogP contribution in [0.2, 0.25) is 0 Å². The molecule has 0 amide bonds. The summed E-state index contributed by atoms with van der Waals surface area (Å²) in [5.74, 6) is -0.345. The van der Waals surface area contributed by atoms with Gasteiger partial charge in [0.25, 0.3) is 0 Å². The molecular formula is C24H30O5. The van der Waals surface area contributed by atoms with Crippen molar-refractivity contribution >= 4 is 11.9 Å². The summed E-state index contributed by atoms with van der Waals surface area (Å²) < 4.78 is 16.1. The minimum absolute atomic E-state index is 0.0921. The molecule has 0 aromatic heterocycles. The van der Waals surface area contributed by atoms with Gasteiger partial charge < -0.3 is 14.2 Å². The van der Waals surface area contributed by atoms with Crippen molar-refractivity contribution in [3.63, 3.8) is 0 Å². The van der Waals surface area contributed by atoms with E-state index in [4.69, 9.17) is 14.2 Å². The van der Waals surface area contributed by atoms with Gasteiger partial charge in [0.2, 0.25) is 0 Å². The Kier molecular flexibility index (Phi) is 10.4. The molecule has 2 rings (SSSR count). The molecule has 5 nitrogen and oxygen atoms in total. The maximum absolute atomic E-state index is 12.4. The average Bonchev–Trinajstić information content (AvgIpc) is 2.76. The Hall–Kier alpha value is -2.82. The van der Waals surface area contributed by atoms with Crippen molar-refractivity contribution in [1.29, 1.82) is 0 Å². The first-order valence-electron chi connectivity index (χ1n) is 10.3. The SMILES string of the molecule is CCCCCCCCOC(=O)c1ccccc1C(=O)OCCOc1ccccc1. The average molecular weight is 398 g/mol. The Labute approximate surface area is 173 Å². The van der Waals surface area contributed by atoms with Crippen LogP contribution < -0.4 is 4.74 Å². The first kappa shape index (κ1) is 22.5. The molecule has 2 aromatic rings. The van der Waals surface area contributed by atoms with Crippen molar-refractivity contribution in [2.75, 3.05) is 19.8 Å². The van der Waals surface area contributed by atoms with Gasteiger partial charge in [0.05, 0.1) is 17.7 Å². The van der Waals surface area contributed by atoms with E-state index in [0.717, 1.165) is 19.3 Å². The van der Waals surface area contributed by atoms with E-state index >= 15 is 0 Å². The molecule has 0 spiro atoms. The van der Waals surface area contributed by atoms with Crippen molar-refractivity contribution in [2.24, 2.45) is 0 Å². The van der Waals surface area contributed by atoms with E-state index in [1.54, 1.807) is 24.3 Å². The second-order valence-electron chi connectivity index (χ2n) is 6.75. The molecule has 5 heteroatoms. The first-order chi connectivity index (χ1) is 14.2. The zero-order valence-corrected chi connectivity index (χ0v) is 17.1. The number of benzene rings is 2. The van der Waals surface area contributed by atoms with Gasteiger partial charge in [0.1, 0.15) is 19.0 Å². The van der Waals surface area contributed by atoms with Crippen molar-refractivity contribution in [1.82, 2.24) is 0 Å². The van der Waals surface area contributed by atoms with Gasteiger partial charge in [0, 0.05) is 0 Å². The van der Waals surface area contributed by atoms with Crippen LogP contribution in [-0.4, -0.2) is 31.8 Å². The Morgan fingerprint density at radius 3 is 1.86 bits per heavy atom. The minimum Gasteiger partial charge on any atom is -0.490 e. The molecule has 0 aliphatic heterocycles. The Morgan fingerprint density at radius 1 is 0.655 bits per heavy atom. The number of esters is 2. The number of hydrogen-bond acceptors (Lipinski definition) is 5. The van der Waals surface area contributed by atoms with Gasteiger partial charge >= 0.3 is 11.9 Å². The predicted octanol–water partition coefficient (Wildman–Crippen LogP) is 5.44. The summed E-state index contributed by atoms with van der Waals surface area (Å²) >= 11 is 0. The molecule has 0 fully saturated rings. The van der Waals surface area contributed by atoms with Crippen LogP contribution >= 0.6 is 0 Å². The molecule has 0 aliphatic rings. The zero-order valence-electron chi connectivity index (χ0n) is 17.1. The fourth-order valence-electron chi connectivity index (χ4n) is 2.85. The lowest BCUT2D eigenvalue weighted by atomic mass is 10.1. The lowest BCUT2D eigenvalue weighted by molar-refractivity contribution is 0.0422. The highest BCUT2D eigenvalue weighted by molar-refractivity contribution is 6.03. The number of carbonyl (C=O) groups excluding carboxylic acids is 2. The van der Waals surface area contributed by atoms with Crippen LogP contribution in [0.3, 0.4) is 0 Å². The molecule has 0 heterocycles. The first-order valence-corrected chi connectivity index (χ1v) is 10.3. The minimum atomic E-state index is -0.561. The topological polar surface area (TPSA) is 61.8 Å². The summed E-state index contributed by atoms with van der Waals surface area (Å²) in [5.41, 5.74) is 0.438. The number of carbonyl (C=O) groups is 2. The van der Waals surface area contributed by atoms with Crippen molar-refractivity contribution in [2.45, 2.75) is 45.4 Å². The standard InChI is InChI=1S/C24H30O5/c1-2-3-4-5-6-12-17-28-23(25)21-15-10-11-16-22(21)24(26)29-19-18-27-20-13-8-7-9-14-20/h7-11,13-16H,2-6,12,17-19H2,1H3. The van der Waals surface area contributed by atoms with E-state index in [1.807, 2.05) is 30.3 Å². The van der Waals surface area contributed by atoms with Crippen molar-refractivity contribution in [3.8, 4) is 5.75 Å². The Morgan fingerprint density at radius 2 is 1.21 bits per heavy atom. The number of rotatable bonds is 13. The molecule has 0 N–H and O–H groups in total. The van der Waals surface area contributed by atoms with Crippen LogP contribution in [0.4, 0.5) is 0 Å². The zero-order chi connectivity index (χ0) is 20.7. The van der Waals surface area contributed by atoms with Crippen molar-refractivity contribution in [3.05, 3.63) is 65.7 Å². The molecule has 0 aliphatic carbocycles. The fourth-order valence-corrected chi connectivity index (χ4v) is 2.85. The quantitative estimate of drug-likeness (QED) is 0.332. The highest BCUT2D eigenvalue weighted by Gasteiger charge is 2.18. The summed E-state index contributed by atoms with van der Waals surface area (Å²) in [6, 6.07) is 15.9. The Bertz CT molecular complexity index is 742. The highest BCUT2D eigenvalue weighted by Crippen LogP contribution is 2.13. The third kappa shape index (κ3) is 8.38. The molecule has 0 atom stereocenters. The maximum Gasteiger partial charge on any atom is 0.339 e. The summed E-state index contributed by atoms with van der Waals surface area (Å²) in [5, 5.41) is 0. The van der Waals surface area contributed by atoms with Gasteiger partial charge in [-0.2, -0.15) is 0 Å². The fraction of sp³-hybridized carbons (Fsp3) is 0.417. The van der Waals surface area contributed by atoms with Crippen LogP contribution in [0.5, 0.6) is 5.75 Å². The smallest absolute Gasteiger partial charge is 0.339 e.